The van der Waals surface area contributed by atoms with Crippen molar-refractivity contribution in [1.82, 2.24) is 4.98 Å². The molecule has 2 N–H and O–H groups in total. The zero-order valence-electron chi connectivity index (χ0n) is 8.45. The highest BCUT2D eigenvalue weighted by Crippen LogP contribution is 2.22. The second-order valence-corrected chi connectivity index (χ2v) is 4.95. The number of benzene rings is 1. The Morgan fingerprint density at radius 2 is 2.29 bits per heavy atom. The minimum absolute atomic E-state index is 0.215. The number of aryl methyl sites for hydroxylation is 1. The van der Waals surface area contributed by atoms with Crippen LogP contribution in [0.5, 0.6) is 0 Å². The first kappa shape index (κ1) is 9.62. The standard InChI is InChI=1S/C11H14N2S/c1-7(12)5-9-3-4-11-10(6-9)13-8(2)14-11/h3-4,6-7H,5,12H2,1-2H3. The van der Waals surface area contributed by atoms with Crippen molar-refractivity contribution in [1.29, 1.82) is 0 Å². The number of thiazole rings is 1. The highest BCUT2D eigenvalue weighted by Gasteiger charge is 2.03. The SMILES string of the molecule is Cc1nc2cc(CC(C)N)ccc2s1. The van der Waals surface area contributed by atoms with Crippen molar-refractivity contribution in [3.63, 3.8) is 0 Å². The predicted molar refractivity (Wildman–Crippen MR) is 61.7 cm³/mol. The fraction of sp³-hybridized carbons (Fsp3) is 0.364. The van der Waals surface area contributed by atoms with Gasteiger partial charge in [-0.1, -0.05) is 6.07 Å². The lowest BCUT2D eigenvalue weighted by molar-refractivity contribution is 0.739. The molecule has 0 aliphatic carbocycles. The molecule has 0 bridgehead atoms. The molecule has 1 aromatic heterocycles. The molecule has 0 spiro atoms. The van der Waals surface area contributed by atoms with Crippen LogP contribution in [0.1, 0.15) is 17.5 Å². The summed E-state index contributed by atoms with van der Waals surface area (Å²) in [4.78, 5) is 4.46. The molecule has 0 radical (unpaired) electrons. The third kappa shape index (κ3) is 1.94. The Bertz CT molecular complexity index is 445. The summed E-state index contributed by atoms with van der Waals surface area (Å²) in [6, 6.07) is 6.63. The van der Waals surface area contributed by atoms with Crippen molar-refractivity contribution in [3.05, 3.63) is 28.8 Å². The second kappa shape index (κ2) is 3.67. The molecular formula is C11H14N2S. The molecule has 2 aromatic rings. The van der Waals surface area contributed by atoms with Crippen LogP contribution in [0.15, 0.2) is 18.2 Å². The number of fused-ring (bicyclic) bond motifs is 1. The lowest BCUT2D eigenvalue weighted by Gasteiger charge is -2.03. The van der Waals surface area contributed by atoms with Gasteiger partial charge in [0.1, 0.15) is 0 Å². The lowest BCUT2D eigenvalue weighted by Crippen LogP contribution is -2.17. The van der Waals surface area contributed by atoms with Crippen molar-refractivity contribution in [2.45, 2.75) is 26.3 Å². The monoisotopic (exact) mass is 206 g/mol. The molecule has 2 nitrogen and oxygen atoms in total. The van der Waals surface area contributed by atoms with Crippen LogP contribution in [-0.4, -0.2) is 11.0 Å². The van der Waals surface area contributed by atoms with E-state index in [1.807, 2.05) is 13.8 Å². The number of nitrogens with zero attached hydrogens (tertiary/aromatic N) is 1. The zero-order chi connectivity index (χ0) is 10.1. The lowest BCUT2D eigenvalue weighted by atomic mass is 10.1. The van der Waals surface area contributed by atoms with Gasteiger partial charge in [-0.05, 0) is 38.0 Å². The molecule has 0 aliphatic heterocycles. The van der Waals surface area contributed by atoms with E-state index in [0.717, 1.165) is 16.9 Å². The Labute approximate surface area is 87.8 Å². The first-order chi connectivity index (χ1) is 6.65. The summed E-state index contributed by atoms with van der Waals surface area (Å²) in [6.07, 6.45) is 0.923. The van der Waals surface area contributed by atoms with Gasteiger partial charge in [0.25, 0.3) is 0 Å². The average Bonchev–Trinajstić information content (AvgIpc) is 2.42. The number of hydrogen-bond donors (Lipinski definition) is 1. The molecule has 0 amide bonds. The topological polar surface area (TPSA) is 38.9 Å². The van der Waals surface area contributed by atoms with Gasteiger partial charge >= 0.3 is 0 Å². The van der Waals surface area contributed by atoms with E-state index in [2.05, 4.69) is 23.2 Å². The molecule has 14 heavy (non-hydrogen) atoms. The third-order valence-corrected chi connectivity index (χ3v) is 3.07. The van der Waals surface area contributed by atoms with E-state index in [4.69, 9.17) is 5.73 Å². The molecule has 2 rings (SSSR count). The van der Waals surface area contributed by atoms with E-state index in [0.29, 0.717) is 0 Å². The second-order valence-electron chi connectivity index (χ2n) is 3.72. The predicted octanol–water partition coefficient (Wildman–Crippen LogP) is 2.49. The number of aromatic nitrogens is 1. The van der Waals surface area contributed by atoms with Gasteiger partial charge in [-0.3, -0.25) is 0 Å². The van der Waals surface area contributed by atoms with Crippen LogP contribution in [0.4, 0.5) is 0 Å². The Hall–Kier alpha value is -0.930. The minimum atomic E-state index is 0.215. The normalized spacial score (nSPS) is 13.4. The molecule has 0 aliphatic rings. The molecule has 1 unspecified atom stereocenters. The number of hydrogen-bond acceptors (Lipinski definition) is 3. The smallest absolute Gasteiger partial charge is 0.0907 e. The van der Waals surface area contributed by atoms with Gasteiger partial charge in [0.15, 0.2) is 0 Å². The Kier molecular flexibility index (Phi) is 2.52. The first-order valence-corrected chi connectivity index (χ1v) is 5.58. The van der Waals surface area contributed by atoms with Gasteiger partial charge in [-0.15, -0.1) is 11.3 Å². The maximum atomic E-state index is 5.76. The van der Waals surface area contributed by atoms with Gasteiger partial charge in [0, 0.05) is 6.04 Å². The van der Waals surface area contributed by atoms with Gasteiger partial charge in [0.05, 0.1) is 15.2 Å². The van der Waals surface area contributed by atoms with Crippen LogP contribution in [0.3, 0.4) is 0 Å². The molecule has 0 fully saturated rings. The van der Waals surface area contributed by atoms with Crippen molar-refractivity contribution >= 4 is 21.6 Å². The zero-order valence-corrected chi connectivity index (χ0v) is 9.27. The summed E-state index contributed by atoms with van der Waals surface area (Å²) in [5.41, 5.74) is 8.13. The van der Waals surface area contributed by atoms with Crippen molar-refractivity contribution in [2.24, 2.45) is 5.73 Å². The largest absolute Gasteiger partial charge is 0.328 e. The molecule has 0 saturated carbocycles. The van der Waals surface area contributed by atoms with E-state index in [9.17, 15) is 0 Å². The third-order valence-electron chi connectivity index (χ3n) is 2.12. The molecule has 0 saturated heterocycles. The molecule has 1 atom stereocenters. The van der Waals surface area contributed by atoms with Crippen LogP contribution in [0, 0.1) is 6.92 Å². The fourth-order valence-electron chi connectivity index (χ4n) is 1.59. The summed E-state index contributed by atoms with van der Waals surface area (Å²) in [5, 5.41) is 1.12. The van der Waals surface area contributed by atoms with E-state index in [-0.39, 0.29) is 6.04 Å². The number of nitrogens with two attached hydrogens (primary N) is 1. The minimum Gasteiger partial charge on any atom is -0.328 e. The van der Waals surface area contributed by atoms with Gasteiger partial charge in [-0.2, -0.15) is 0 Å². The summed E-state index contributed by atoms with van der Waals surface area (Å²) < 4.78 is 1.26. The first-order valence-electron chi connectivity index (χ1n) is 4.77. The van der Waals surface area contributed by atoms with Crippen LogP contribution in [0.25, 0.3) is 10.2 Å². The average molecular weight is 206 g/mol. The molecule has 1 aromatic carbocycles. The van der Waals surface area contributed by atoms with Crippen LogP contribution >= 0.6 is 11.3 Å². The highest BCUT2D eigenvalue weighted by atomic mass is 32.1. The van der Waals surface area contributed by atoms with Crippen molar-refractivity contribution < 1.29 is 0 Å². The molecule has 1 heterocycles. The van der Waals surface area contributed by atoms with E-state index in [1.54, 1.807) is 11.3 Å². The quantitative estimate of drug-likeness (QED) is 0.820. The van der Waals surface area contributed by atoms with Crippen molar-refractivity contribution in [3.8, 4) is 0 Å². The highest BCUT2D eigenvalue weighted by molar-refractivity contribution is 7.18. The summed E-state index contributed by atoms with van der Waals surface area (Å²) >= 11 is 1.74. The van der Waals surface area contributed by atoms with Gasteiger partial charge in [-0.25, -0.2) is 4.98 Å². The maximum absolute atomic E-state index is 5.76. The van der Waals surface area contributed by atoms with Crippen molar-refractivity contribution in [2.75, 3.05) is 0 Å². The van der Waals surface area contributed by atoms with Gasteiger partial charge < -0.3 is 5.73 Å². The van der Waals surface area contributed by atoms with Gasteiger partial charge in [0.2, 0.25) is 0 Å². The van der Waals surface area contributed by atoms with Crippen LogP contribution in [-0.2, 0) is 6.42 Å². The van der Waals surface area contributed by atoms with Crippen LogP contribution in [0.2, 0.25) is 0 Å². The summed E-state index contributed by atoms with van der Waals surface area (Å²) in [5.74, 6) is 0. The molecule has 74 valence electrons. The maximum Gasteiger partial charge on any atom is 0.0907 e. The fourth-order valence-corrected chi connectivity index (χ4v) is 2.39. The Morgan fingerprint density at radius 3 is 3.00 bits per heavy atom. The number of rotatable bonds is 2. The molecular weight excluding hydrogens is 192 g/mol. The summed E-state index contributed by atoms with van der Waals surface area (Å²) in [7, 11) is 0. The van der Waals surface area contributed by atoms with Crippen LogP contribution < -0.4 is 5.73 Å². The Morgan fingerprint density at radius 1 is 1.50 bits per heavy atom. The van der Waals surface area contributed by atoms with E-state index in [1.165, 1.54) is 10.3 Å². The molecule has 3 heteroatoms. The van der Waals surface area contributed by atoms with E-state index >= 15 is 0 Å². The summed E-state index contributed by atoms with van der Waals surface area (Å²) in [6.45, 7) is 4.06. The Balaban J connectivity index is 2.40. The van der Waals surface area contributed by atoms with E-state index < -0.39 is 0 Å².